The third kappa shape index (κ3) is 6.94. The number of benzene rings is 1. The van der Waals surface area contributed by atoms with E-state index in [0.717, 1.165) is 6.42 Å². The van der Waals surface area contributed by atoms with Gasteiger partial charge in [0.2, 0.25) is 10.0 Å². The van der Waals surface area contributed by atoms with Crippen LogP contribution in [0.15, 0.2) is 29.2 Å². The summed E-state index contributed by atoms with van der Waals surface area (Å²) in [5, 5.41) is 0. The van der Waals surface area contributed by atoms with Crippen LogP contribution in [0, 0.1) is 0 Å². The van der Waals surface area contributed by atoms with E-state index < -0.39 is 10.0 Å². The van der Waals surface area contributed by atoms with Crippen molar-refractivity contribution in [3.05, 3.63) is 29.8 Å². The highest BCUT2D eigenvalue weighted by Gasteiger charge is 2.20. The molecule has 0 atom stereocenters. The molecule has 0 fully saturated rings. The van der Waals surface area contributed by atoms with E-state index in [1.807, 2.05) is 26.0 Å². The van der Waals surface area contributed by atoms with Crippen molar-refractivity contribution >= 4 is 10.0 Å². The van der Waals surface area contributed by atoms with Crippen LogP contribution in [0.5, 0.6) is 0 Å². The second kappa shape index (κ2) is 11.6. The van der Waals surface area contributed by atoms with Gasteiger partial charge in [0.15, 0.2) is 0 Å². The van der Waals surface area contributed by atoms with Gasteiger partial charge in [0.05, 0.1) is 4.90 Å². The molecule has 0 aromatic heterocycles. The minimum absolute atomic E-state index is 0.408. The highest BCUT2D eigenvalue weighted by molar-refractivity contribution is 7.89. The van der Waals surface area contributed by atoms with Gasteiger partial charge in [0.25, 0.3) is 0 Å². The average Bonchev–Trinajstić information content (AvgIpc) is 2.58. The highest BCUT2D eigenvalue weighted by atomic mass is 32.2. The van der Waals surface area contributed by atoms with Crippen LogP contribution in [0.3, 0.4) is 0 Å². The molecule has 1 rings (SSSR count). The molecule has 4 heteroatoms. The van der Waals surface area contributed by atoms with E-state index in [4.69, 9.17) is 0 Å². The molecule has 0 bridgehead atoms. The second-order valence-electron chi connectivity index (χ2n) is 6.46. The molecular formula is C20H35NO2S. The van der Waals surface area contributed by atoms with Crippen LogP contribution < -0.4 is 0 Å². The standard InChI is InChI=1S/C20H35NO2S/c1-4-7-8-9-10-11-12-13-14-19-15-17-20(18-16-19)24(22,23)21(5-2)6-3/h15-18H,4-14H2,1-3H3. The van der Waals surface area contributed by atoms with Crippen molar-refractivity contribution in [3.63, 3.8) is 0 Å². The minimum Gasteiger partial charge on any atom is -0.207 e. The lowest BCUT2D eigenvalue weighted by Gasteiger charge is -2.18. The van der Waals surface area contributed by atoms with Gasteiger partial charge in [-0.05, 0) is 30.5 Å². The Hall–Kier alpha value is -0.870. The van der Waals surface area contributed by atoms with Crippen molar-refractivity contribution in [1.82, 2.24) is 4.31 Å². The maximum atomic E-state index is 12.4. The number of aryl methyl sites for hydroxylation is 1. The van der Waals surface area contributed by atoms with Gasteiger partial charge in [-0.25, -0.2) is 8.42 Å². The van der Waals surface area contributed by atoms with E-state index in [0.29, 0.717) is 18.0 Å². The number of hydrogen-bond donors (Lipinski definition) is 0. The lowest BCUT2D eigenvalue weighted by atomic mass is 10.0. The van der Waals surface area contributed by atoms with Gasteiger partial charge < -0.3 is 0 Å². The Balaban J connectivity index is 2.37. The predicted octanol–water partition coefficient (Wildman–Crippen LogP) is 5.40. The highest BCUT2D eigenvalue weighted by Crippen LogP contribution is 2.17. The Morgan fingerprint density at radius 2 is 1.25 bits per heavy atom. The van der Waals surface area contributed by atoms with Crippen LogP contribution in [0.25, 0.3) is 0 Å². The molecule has 1 aromatic rings. The molecule has 0 radical (unpaired) electrons. The third-order valence-electron chi connectivity index (χ3n) is 4.59. The van der Waals surface area contributed by atoms with Crippen LogP contribution in [0.1, 0.15) is 77.7 Å². The number of unbranched alkanes of at least 4 members (excludes halogenated alkanes) is 7. The van der Waals surface area contributed by atoms with Crippen LogP contribution in [-0.4, -0.2) is 25.8 Å². The third-order valence-corrected chi connectivity index (χ3v) is 6.65. The van der Waals surface area contributed by atoms with Gasteiger partial charge in [-0.2, -0.15) is 4.31 Å². The first-order chi connectivity index (χ1) is 11.6. The van der Waals surface area contributed by atoms with Crippen LogP contribution in [0.4, 0.5) is 0 Å². The van der Waals surface area contributed by atoms with Gasteiger partial charge in [0.1, 0.15) is 0 Å². The Labute approximate surface area is 149 Å². The molecule has 24 heavy (non-hydrogen) atoms. The zero-order chi connectivity index (χ0) is 17.8. The lowest BCUT2D eigenvalue weighted by molar-refractivity contribution is 0.445. The molecule has 0 aliphatic carbocycles. The molecule has 1 aromatic carbocycles. The summed E-state index contributed by atoms with van der Waals surface area (Å²) >= 11 is 0. The first-order valence-electron chi connectivity index (χ1n) is 9.65. The monoisotopic (exact) mass is 353 g/mol. The summed E-state index contributed by atoms with van der Waals surface area (Å²) < 4.78 is 26.4. The topological polar surface area (TPSA) is 37.4 Å². The lowest BCUT2D eigenvalue weighted by Crippen LogP contribution is -2.30. The Kier molecular flexibility index (Phi) is 10.3. The summed E-state index contributed by atoms with van der Waals surface area (Å²) in [7, 11) is -3.32. The Morgan fingerprint density at radius 3 is 1.75 bits per heavy atom. The molecule has 138 valence electrons. The number of hydrogen-bond acceptors (Lipinski definition) is 2. The molecule has 3 nitrogen and oxygen atoms in total. The normalized spacial score (nSPS) is 12.0. The van der Waals surface area contributed by atoms with Gasteiger partial charge >= 0.3 is 0 Å². The SMILES string of the molecule is CCCCCCCCCCc1ccc(S(=O)(=O)N(CC)CC)cc1. The van der Waals surface area contributed by atoms with E-state index in [2.05, 4.69) is 6.92 Å². The van der Waals surface area contributed by atoms with Gasteiger partial charge in [0, 0.05) is 13.1 Å². The van der Waals surface area contributed by atoms with Crippen molar-refractivity contribution < 1.29 is 8.42 Å². The Morgan fingerprint density at radius 1 is 0.750 bits per heavy atom. The molecule has 0 unspecified atom stereocenters. The van der Waals surface area contributed by atoms with Gasteiger partial charge in [-0.1, -0.05) is 77.8 Å². The number of rotatable bonds is 13. The molecule has 0 aliphatic heterocycles. The number of nitrogens with zero attached hydrogens (tertiary/aromatic N) is 1. The molecular weight excluding hydrogens is 318 g/mol. The fourth-order valence-electron chi connectivity index (χ4n) is 3.00. The van der Waals surface area contributed by atoms with Gasteiger partial charge in [-0.15, -0.1) is 0 Å². The Bertz CT molecular complexity index is 533. The zero-order valence-electron chi connectivity index (χ0n) is 15.8. The maximum Gasteiger partial charge on any atom is 0.243 e. The summed E-state index contributed by atoms with van der Waals surface area (Å²) in [5.74, 6) is 0. The van der Waals surface area contributed by atoms with E-state index in [-0.39, 0.29) is 0 Å². The first-order valence-corrected chi connectivity index (χ1v) is 11.1. The molecule has 0 N–H and O–H groups in total. The van der Waals surface area contributed by atoms with Crippen molar-refractivity contribution in [3.8, 4) is 0 Å². The molecule has 0 saturated carbocycles. The largest absolute Gasteiger partial charge is 0.243 e. The molecule has 0 spiro atoms. The predicted molar refractivity (Wildman–Crippen MR) is 103 cm³/mol. The van der Waals surface area contributed by atoms with E-state index in [9.17, 15) is 8.42 Å². The average molecular weight is 354 g/mol. The summed E-state index contributed by atoms with van der Waals surface area (Å²) in [6.07, 6.45) is 11.6. The van der Waals surface area contributed by atoms with Crippen molar-refractivity contribution in [2.24, 2.45) is 0 Å². The fraction of sp³-hybridized carbons (Fsp3) is 0.700. The molecule has 0 heterocycles. The molecule has 0 aliphatic rings. The smallest absolute Gasteiger partial charge is 0.207 e. The maximum absolute atomic E-state index is 12.4. The van der Waals surface area contributed by atoms with Crippen LogP contribution in [-0.2, 0) is 16.4 Å². The number of sulfonamides is 1. The van der Waals surface area contributed by atoms with E-state index in [1.54, 1.807) is 12.1 Å². The minimum atomic E-state index is -3.32. The summed E-state index contributed by atoms with van der Waals surface area (Å²) in [6.45, 7) is 7.02. The molecule has 0 saturated heterocycles. The first kappa shape index (κ1) is 21.2. The zero-order valence-corrected chi connectivity index (χ0v) is 16.6. The van der Waals surface area contributed by atoms with Crippen molar-refractivity contribution in [2.45, 2.75) is 83.5 Å². The van der Waals surface area contributed by atoms with E-state index >= 15 is 0 Å². The summed E-state index contributed by atoms with van der Waals surface area (Å²) in [4.78, 5) is 0.408. The van der Waals surface area contributed by atoms with Gasteiger partial charge in [-0.3, -0.25) is 0 Å². The molecule has 0 amide bonds. The second-order valence-corrected chi connectivity index (χ2v) is 8.40. The summed E-state index contributed by atoms with van der Waals surface area (Å²) in [6, 6.07) is 7.46. The van der Waals surface area contributed by atoms with E-state index in [1.165, 1.54) is 61.2 Å². The quantitative estimate of drug-likeness (QED) is 0.445. The van der Waals surface area contributed by atoms with Crippen molar-refractivity contribution in [1.29, 1.82) is 0 Å². The van der Waals surface area contributed by atoms with Crippen LogP contribution in [0.2, 0.25) is 0 Å². The van der Waals surface area contributed by atoms with Crippen molar-refractivity contribution in [2.75, 3.05) is 13.1 Å². The summed E-state index contributed by atoms with van der Waals surface area (Å²) in [5.41, 5.74) is 1.24. The fourth-order valence-corrected chi connectivity index (χ4v) is 4.46. The van der Waals surface area contributed by atoms with Crippen LogP contribution >= 0.6 is 0 Å².